The van der Waals surface area contributed by atoms with Crippen LogP contribution in [0, 0.1) is 41.2 Å². The van der Waals surface area contributed by atoms with Crippen LogP contribution in [0.3, 0.4) is 0 Å². The quantitative estimate of drug-likeness (QED) is 0.0310. The Balaban J connectivity index is 0.968. The summed E-state index contributed by atoms with van der Waals surface area (Å²) in [5.74, 6) is -11.3. The van der Waals surface area contributed by atoms with Gasteiger partial charge in [-0.05, 0) is 176 Å². The van der Waals surface area contributed by atoms with Crippen molar-refractivity contribution in [3.05, 3.63) is 106 Å². The van der Waals surface area contributed by atoms with Gasteiger partial charge in [-0.1, -0.05) is 17.7 Å². The topological polar surface area (TPSA) is 210 Å². The number of rotatable bonds is 23. The first kappa shape index (κ1) is 61.7. The Labute approximate surface area is 469 Å². The molecule has 4 aliphatic carbocycles. The van der Waals surface area contributed by atoms with Gasteiger partial charge in [-0.3, -0.25) is 38.1 Å². The lowest BCUT2D eigenvalue weighted by Gasteiger charge is -2.28. The van der Waals surface area contributed by atoms with Crippen molar-refractivity contribution >= 4 is 46.8 Å². The van der Waals surface area contributed by atoms with Crippen LogP contribution in [0.4, 0.5) is 59.7 Å². The maximum Gasteiger partial charge on any atom is 0.417 e. The van der Waals surface area contributed by atoms with E-state index < -0.39 is 113 Å². The summed E-state index contributed by atoms with van der Waals surface area (Å²) in [6.45, 7) is 8.49. The van der Waals surface area contributed by atoms with Crippen molar-refractivity contribution in [2.45, 2.75) is 160 Å². The number of carbonyl (C=O) groups excluding carboxylic acids is 6. The van der Waals surface area contributed by atoms with E-state index in [9.17, 15) is 68.3 Å². The third kappa shape index (κ3) is 14.7. The first-order chi connectivity index (χ1) is 38.8. The minimum absolute atomic E-state index is 0.0345. The van der Waals surface area contributed by atoms with Crippen molar-refractivity contribution in [2.24, 2.45) is 29.6 Å². The Bertz CT molecular complexity index is 3110. The molecule has 6 N–H and O–H groups in total. The van der Waals surface area contributed by atoms with Gasteiger partial charge < -0.3 is 31.9 Å². The lowest BCUT2D eigenvalue weighted by Crippen LogP contribution is -2.55. The molecule has 8 rings (SSSR count). The fourth-order valence-corrected chi connectivity index (χ4v) is 10.7. The van der Waals surface area contributed by atoms with E-state index in [1.807, 2.05) is 26.1 Å². The van der Waals surface area contributed by atoms with Crippen molar-refractivity contribution in [1.29, 1.82) is 0 Å². The van der Waals surface area contributed by atoms with Gasteiger partial charge in [-0.15, -0.1) is 0 Å². The third-order valence-corrected chi connectivity index (χ3v) is 15.8. The molecule has 2 aromatic heterocycles. The maximum atomic E-state index is 15.8. The van der Waals surface area contributed by atoms with Gasteiger partial charge in [0.1, 0.15) is 41.1 Å². The SMILES string of the molecule is CC(C)n1nccc1C(=O)N[C@H](C(=O)Nc1ccc([C@H](C)C(=O)N[C@@H](C)C(F)(F)F)cc1F)C(=C1CC1)C1CC1CC(C)n1nccc1C(=O)N[C@H](C(=O)Nc1ccc([C@H](C)C(=O)NC(C(F)(F)F)C(F)(F)F)cc1F)C(C1CC1)C1CC1. The van der Waals surface area contributed by atoms with Crippen molar-refractivity contribution in [3.63, 3.8) is 0 Å². The molecule has 6 amide bonds. The molecule has 83 heavy (non-hydrogen) atoms. The monoisotopic (exact) mass is 1180 g/mol. The molecule has 0 bridgehead atoms. The molecule has 27 heteroatoms. The Hall–Kier alpha value is -7.35. The van der Waals surface area contributed by atoms with E-state index in [0.717, 1.165) is 68.6 Å². The molecule has 450 valence electrons. The highest BCUT2D eigenvalue weighted by atomic mass is 19.4. The van der Waals surface area contributed by atoms with Crippen LogP contribution in [0.1, 0.15) is 149 Å². The third-order valence-electron chi connectivity index (χ3n) is 15.8. The highest BCUT2D eigenvalue weighted by Crippen LogP contribution is 2.54. The van der Waals surface area contributed by atoms with Crippen molar-refractivity contribution in [1.82, 2.24) is 40.8 Å². The molecule has 2 aromatic carbocycles. The average Bonchev–Trinajstić information content (AvgIpc) is 3.62. The second-order valence-corrected chi connectivity index (χ2v) is 22.5. The van der Waals surface area contributed by atoms with Gasteiger partial charge >= 0.3 is 18.5 Å². The minimum Gasteiger partial charge on any atom is -0.344 e. The Morgan fingerprint density at radius 1 is 0.590 bits per heavy atom. The van der Waals surface area contributed by atoms with Crippen LogP contribution in [0.5, 0.6) is 0 Å². The van der Waals surface area contributed by atoms with E-state index in [0.29, 0.717) is 37.3 Å². The van der Waals surface area contributed by atoms with Gasteiger partial charge in [0.15, 0.2) is 0 Å². The van der Waals surface area contributed by atoms with Crippen LogP contribution in [0.2, 0.25) is 0 Å². The summed E-state index contributed by atoms with van der Waals surface area (Å²) in [5.41, 5.74) is 0.732. The van der Waals surface area contributed by atoms with Gasteiger partial charge in [-0.2, -0.15) is 49.7 Å². The summed E-state index contributed by atoms with van der Waals surface area (Å²) in [4.78, 5) is 82.4. The van der Waals surface area contributed by atoms with E-state index in [1.165, 1.54) is 52.9 Å². The molecular weight excluding hydrogens is 1120 g/mol. The fourth-order valence-electron chi connectivity index (χ4n) is 10.7. The maximum absolute atomic E-state index is 15.8. The van der Waals surface area contributed by atoms with Crippen LogP contribution in [-0.4, -0.2) is 97.7 Å². The van der Waals surface area contributed by atoms with Crippen LogP contribution in [0.15, 0.2) is 72.1 Å². The van der Waals surface area contributed by atoms with Crippen LogP contribution < -0.4 is 31.9 Å². The Kier molecular flexibility index (Phi) is 17.9. The largest absolute Gasteiger partial charge is 0.417 e. The molecule has 8 atom stereocenters. The second kappa shape index (κ2) is 24.1. The standard InChI is InChI=1S/C56H63F11N10O6/c1-25(2)76-41(17-19-68-76)49(80)74-46(52(83)72-40-15-13-33(23-37(40)57)27(4)47(78)70-29(6)54(59,60)61)44(32-11-12-32)36-22-35(36)21-26(3)77-42(18-20-69-77)50(81)73-45(43(30-7-8-30)31-9-10-31)51(82)71-39-16-14-34(24-38(39)58)28(5)48(79)75-53(55(62,63)64)56(65,66)67/h13-20,23-31,35-36,43,45-46,53H,7-12,21-22H2,1-6H3,(H,70,78)(H,71,82)(H,72,83)(H,73,81)(H,74,80)(H,75,79)/t26?,27-,28-,29-,35?,36?,45-,46-/m0/s1. The van der Waals surface area contributed by atoms with Gasteiger partial charge in [0.2, 0.25) is 23.8 Å². The number of anilines is 2. The molecule has 2 heterocycles. The highest BCUT2D eigenvalue weighted by Gasteiger charge is 2.58. The Morgan fingerprint density at radius 3 is 1.54 bits per heavy atom. The number of amides is 6. The van der Waals surface area contributed by atoms with Gasteiger partial charge in [0.25, 0.3) is 17.7 Å². The summed E-state index contributed by atoms with van der Waals surface area (Å²) in [7, 11) is 0. The zero-order valence-electron chi connectivity index (χ0n) is 45.8. The number of hydrogen-bond donors (Lipinski definition) is 6. The molecule has 4 fully saturated rings. The number of nitrogens with one attached hydrogen (secondary N) is 6. The van der Waals surface area contributed by atoms with Crippen LogP contribution >= 0.6 is 0 Å². The molecule has 16 nitrogen and oxygen atoms in total. The lowest BCUT2D eigenvalue weighted by molar-refractivity contribution is -0.257. The summed E-state index contributed by atoms with van der Waals surface area (Å²) >= 11 is 0. The fraction of sp³-hybridized carbons (Fsp3) is 0.536. The number of benzene rings is 2. The number of alkyl halides is 9. The molecule has 0 radical (unpaired) electrons. The van der Waals surface area contributed by atoms with Gasteiger partial charge in [0, 0.05) is 18.4 Å². The predicted octanol–water partition coefficient (Wildman–Crippen LogP) is 10.1. The zero-order chi connectivity index (χ0) is 60.8. The number of aromatic nitrogens is 4. The zero-order valence-corrected chi connectivity index (χ0v) is 45.8. The van der Waals surface area contributed by atoms with Crippen LogP contribution in [0.25, 0.3) is 0 Å². The van der Waals surface area contributed by atoms with Crippen LogP contribution in [-0.2, 0) is 19.2 Å². The second-order valence-electron chi connectivity index (χ2n) is 22.5. The molecule has 4 aliphatic rings. The Morgan fingerprint density at radius 2 is 1.07 bits per heavy atom. The van der Waals surface area contributed by atoms with Gasteiger partial charge in [-0.25, -0.2) is 8.78 Å². The molecule has 4 aromatic rings. The lowest BCUT2D eigenvalue weighted by atomic mass is 9.88. The normalized spacial score (nSPS) is 19.3. The number of halogens is 11. The molecular formula is C56H63F11N10O6. The van der Waals surface area contributed by atoms with E-state index in [4.69, 9.17) is 0 Å². The summed E-state index contributed by atoms with van der Waals surface area (Å²) in [5, 5.41) is 22.3. The summed E-state index contributed by atoms with van der Waals surface area (Å²) in [6.07, 6.45) is -8.40. The predicted molar refractivity (Wildman–Crippen MR) is 278 cm³/mol. The average molecular weight is 1180 g/mol. The number of allylic oxidation sites excluding steroid dienone is 1. The molecule has 4 saturated carbocycles. The minimum atomic E-state index is -5.86. The van der Waals surface area contributed by atoms with Crippen molar-refractivity contribution in [2.75, 3.05) is 10.6 Å². The summed E-state index contributed by atoms with van der Waals surface area (Å²) in [6, 6.07) is -0.473. The number of nitrogens with zero attached hydrogens (tertiary/aromatic N) is 4. The first-order valence-corrected chi connectivity index (χ1v) is 27.3. The van der Waals surface area contributed by atoms with Gasteiger partial charge in [0.05, 0.1) is 29.3 Å². The smallest absolute Gasteiger partial charge is 0.344 e. The van der Waals surface area contributed by atoms with E-state index in [2.05, 4.69) is 31.5 Å². The number of carbonyl (C=O) groups is 6. The van der Waals surface area contributed by atoms with Crippen molar-refractivity contribution < 1.29 is 77.1 Å². The van der Waals surface area contributed by atoms with Crippen molar-refractivity contribution in [3.8, 4) is 0 Å². The van der Waals surface area contributed by atoms with E-state index >= 15 is 8.78 Å². The molecule has 0 aliphatic heterocycles. The molecule has 0 spiro atoms. The molecule has 0 saturated heterocycles. The van der Waals surface area contributed by atoms with E-state index in [-0.39, 0.29) is 63.8 Å². The first-order valence-electron chi connectivity index (χ1n) is 27.3. The number of hydrogen-bond acceptors (Lipinski definition) is 8. The summed E-state index contributed by atoms with van der Waals surface area (Å²) < 4.78 is 153. The van der Waals surface area contributed by atoms with E-state index in [1.54, 1.807) is 0 Å². The molecule has 3 unspecified atom stereocenters. The highest BCUT2D eigenvalue weighted by molar-refractivity contribution is 6.03.